The lowest BCUT2D eigenvalue weighted by atomic mass is 9.98. The van der Waals surface area contributed by atoms with Crippen LogP contribution in [0, 0.1) is 0 Å². The van der Waals surface area contributed by atoms with Crippen LogP contribution in [-0.2, 0) is 0 Å². The van der Waals surface area contributed by atoms with Crippen molar-refractivity contribution in [3.05, 3.63) is 23.8 Å². The van der Waals surface area contributed by atoms with Gasteiger partial charge in [0.1, 0.15) is 11.5 Å². The summed E-state index contributed by atoms with van der Waals surface area (Å²) in [6.07, 6.45) is 3.78. The maximum absolute atomic E-state index is 12.5. The zero-order valence-electron chi connectivity index (χ0n) is 10.9. The molecule has 1 amide bonds. The van der Waals surface area contributed by atoms with Crippen LogP contribution in [0.15, 0.2) is 18.2 Å². The highest BCUT2D eigenvalue weighted by molar-refractivity contribution is 5.97. The second-order valence-corrected chi connectivity index (χ2v) is 4.93. The summed E-state index contributed by atoms with van der Waals surface area (Å²) in [4.78, 5) is 14.2. The number of carbonyl (C=O) groups excluding carboxylic acids is 1. The van der Waals surface area contributed by atoms with E-state index in [1.807, 2.05) is 0 Å². The van der Waals surface area contributed by atoms with Gasteiger partial charge in [0.15, 0.2) is 0 Å². The van der Waals surface area contributed by atoms with Gasteiger partial charge in [-0.1, -0.05) is 0 Å². The zero-order valence-corrected chi connectivity index (χ0v) is 10.9. The SMILES string of the molecule is NCCC1CCCCN1C(=O)c1cc(O)ccc1O. The summed E-state index contributed by atoms with van der Waals surface area (Å²) in [5.41, 5.74) is 5.74. The number of phenolic OH excluding ortho intramolecular Hbond substituents is 2. The average molecular weight is 264 g/mol. The number of aromatic hydroxyl groups is 2. The summed E-state index contributed by atoms with van der Waals surface area (Å²) in [5.74, 6) is -0.347. The third kappa shape index (κ3) is 2.98. The predicted octanol–water partition coefficient (Wildman–Crippen LogP) is 1.44. The Bertz CT molecular complexity index is 460. The summed E-state index contributed by atoms with van der Waals surface area (Å²) in [5, 5.41) is 19.2. The molecule has 0 aliphatic carbocycles. The van der Waals surface area contributed by atoms with E-state index in [1.54, 1.807) is 4.90 Å². The molecule has 1 heterocycles. The number of benzene rings is 1. The van der Waals surface area contributed by atoms with Gasteiger partial charge in [0.25, 0.3) is 5.91 Å². The lowest BCUT2D eigenvalue weighted by molar-refractivity contribution is 0.0601. The van der Waals surface area contributed by atoms with Crippen LogP contribution in [0.3, 0.4) is 0 Å². The number of phenols is 2. The van der Waals surface area contributed by atoms with E-state index in [4.69, 9.17) is 5.73 Å². The van der Waals surface area contributed by atoms with Crippen molar-refractivity contribution in [1.29, 1.82) is 0 Å². The normalized spacial score (nSPS) is 19.4. The minimum Gasteiger partial charge on any atom is -0.508 e. The summed E-state index contributed by atoms with van der Waals surface area (Å²) < 4.78 is 0. The van der Waals surface area contributed by atoms with E-state index in [2.05, 4.69) is 0 Å². The molecule has 104 valence electrons. The first kappa shape index (κ1) is 13.7. The first-order chi connectivity index (χ1) is 9.13. The summed E-state index contributed by atoms with van der Waals surface area (Å²) >= 11 is 0. The molecule has 0 radical (unpaired) electrons. The van der Waals surface area contributed by atoms with E-state index in [0.717, 1.165) is 25.7 Å². The zero-order chi connectivity index (χ0) is 13.8. The van der Waals surface area contributed by atoms with Gasteiger partial charge >= 0.3 is 0 Å². The van der Waals surface area contributed by atoms with Gasteiger partial charge in [0, 0.05) is 12.6 Å². The van der Waals surface area contributed by atoms with Gasteiger partial charge in [-0.2, -0.15) is 0 Å². The van der Waals surface area contributed by atoms with Crippen LogP contribution in [0.5, 0.6) is 11.5 Å². The third-order valence-corrected chi connectivity index (χ3v) is 3.60. The molecule has 1 fully saturated rings. The Morgan fingerprint density at radius 1 is 1.37 bits per heavy atom. The molecule has 19 heavy (non-hydrogen) atoms. The second kappa shape index (κ2) is 5.93. The molecule has 0 spiro atoms. The van der Waals surface area contributed by atoms with Crippen LogP contribution in [0.1, 0.15) is 36.0 Å². The Morgan fingerprint density at radius 3 is 2.89 bits per heavy atom. The molecule has 1 aromatic carbocycles. The fourth-order valence-electron chi connectivity index (χ4n) is 2.61. The number of likely N-dealkylation sites (tertiary alicyclic amines) is 1. The molecule has 5 heteroatoms. The van der Waals surface area contributed by atoms with E-state index >= 15 is 0 Å². The number of piperidine rings is 1. The van der Waals surface area contributed by atoms with Crippen LogP contribution < -0.4 is 5.73 Å². The quantitative estimate of drug-likeness (QED) is 0.721. The number of carbonyl (C=O) groups is 1. The van der Waals surface area contributed by atoms with E-state index in [0.29, 0.717) is 13.1 Å². The molecule has 1 atom stereocenters. The van der Waals surface area contributed by atoms with E-state index in [1.165, 1.54) is 18.2 Å². The molecule has 0 saturated carbocycles. The minimum absolute atomic E-state index is 0.0199. The molecule has 4 N–H and O–H groups in total. The third-order valence-electron chi connectivity index (χ3n) is 3.60. The highest BCUT2D eigenvalue weighted by Crippen LogP contribution is 2.27. The maximum atomic E-state index is 12.5. The number of rotatable bonds is 3. The number of amides is 1. The number of hydrogen-bond donors (Lipinski definition) is 3. The molecule has 2 rings (SSSR count). The van der Waals surface area contributed by atoms with Crippen LogP contribution >= 0.6 is 0 Å². The van der Waals surface area contributed by atoms with Gasteiger partial charge < -0.3 is 20.8 Å². The topological polar surface area (TPSA) is 86.8 Å². The Labute approximate surface area is 112 Å². The Balaban J connectivity index is 2.23. The Morgan fingerprint density at radius 2 is 2.16 bits per heavy atom. The molecule has 1 aliphatic rings. The van der Waals surface area contributed by atoms with E-state index < -0.39 is 0 Å². The monoisotopic (exact) mass is 264 g/mol. The van der Waals surface area contributed by atoms with Crippen LogP contribution in [-0.4, -0.2) is 40.2 Å². The van der Waals surface area contributed by atoms with Gasteiger partial charge in [0.05, 0.1) is 5.56 Å². The Kier molecular flexibility index (Phi) is 4.27. The number of nitrogens with zero attached hydrogens (tertiary/aromatic N) is 1. The van der Waals surface area contributed by atoms with Crippen molar-refractivity contribution in [2.75, 3.05) is 13.1 Å². The molecule has 1 saturated heterocycles. The number of hydrogen-bond acceptors (Lipinski definition) is 4. The van der Waals surface area contributed by atoms with Gasteiger partial charge in [-0.25, -0.2) is 0 Å². The predicted molar refractivity (Wildman–Crippen MR) is 72.1 cm³/mol. The van der Waals surface area contributed by atoms with Gasteiger partial charge in [-0.3, -0.25) is 4.79 Å². The van der Waals surface area contributed by atoms with E-state index in [9.17, 15) is 15.0 Å². The number of nitrogens with two attached hydrogens (primary N) is 1. The van der Waals surface area contributed by atoms with E-state index in [-0.39, 0.29) is 29.0 Å². The molecule has 0 aromatic heterocycles. The molecule has 1 aromatic rings. The second-order valence-electron chi connectivity index (χ2n) is 4.93. The molecular formula is C14H20N2O3. The molecule has 1 aliphatic heterocycles. The van der Waals surface area contributed by atoms with Crippen molar-refractivity contribution in [2.24, 2.45) is 5.73 Å². The van der Waals surface area contributed by atoms with Gasteiger partial charge in [-0.05, 0) is 50.4 Å². The van der Waals surface area contributed by atoms with Crippen LogP contribution in [0.25, 0.3) is 0 Å². The average Bonchev–Trinajstić information content (AvgIpc) is 2.42. The van der Waals surface area contributed by atoms with Crippen molar-refractivity contribution in [2.45, 2.75) is 31.7 Å². The minimum atomic E-state index is -0.230. The largest absolute Gasteiger partial charge is 0.508 e. The summed E-state index contributed by atoms with van der Waals surface area (Å²) in [6.45, 7) is 1.22. The maximum Gasteiger partial charge on any atom is 0.257 e. The summed E-state index contributed by atoms with van der Waals surface area (Å²) in [6, 6.07) is 4.14. The van der Waals surface area contributed by atoms with Crippen molar-refractivity contribution < 1.29 is 15.0 Å². The van der Waals surface area contributed by atoms with Gasteiger partial charge in [-0.15, -0.1) is 0 Å². The highest BCUT2D eigenvalue weighted by atomic mass is 16.3. The molecular weight excluding hydrogens is 244 g/mol. The first-order valence-electron chi connectivity index (χ1n) is 6.66. The van der Waals surface area contributed by atoms with Crippen LogP contribution in [0.2, 0.25) is 0 Å². The molecule has 1 unspecified atom stereocenters. The lowest BCUT2D eigenvalue weighted by Gasteiger charge is -2.35. The standard InChI is InChI=1S/C14H20N2O3/c15-7-6-10-3-1-2-8-16(10)14(19)12-9-11(17)4-5-13(12)18/h4-5,9-10,17-18H,1-3,6-8,15H2. The highest BCUT2D eigenvalue weighted by Gasteiger charge is 2.28. The molecule has 0 bridgehead atoms. The fraction of sp³-hybridized carbons (Fsp3) is 0.500. The van der Waals surface area contributed by atoms with Gasteiger partial charge in [0.2, 0.25) is 0 Å². The smallest absolute Gasteiger partial charge is 0.257 e. The molecule has 5 nitrogen and oxygen atoms in total. The van der Waals surface area contributed by atoms with Crippen LogP contribution in [0.4, 0.5) is 0 Å². The summed E-state index contributed by atoms with van der Waals surface area (Å²) in [7, 11) is 0. The fourth-order valence-corrected chi connectivity index (χ4v) is 2.61. The van der Waals surface area contributed by atoms with Crippen molar-refractivity contribution in [3.63, 3.8) is 0 Å². The lowest BCUT2D eigenvalue weighted by Crippen LogP contribution is -2.44. The Hall–Kier alpha value is -1.75. The van der Waals surface area contributed by atoms with Crippen molar-refractivity contribution in [1.82, 2.24) is 4.90 Å². The first-order valence-corrected chi connectivity index (χ1v) is 6.66. The van der Waals surface area contributed by atoms with Crippen molar-refractivity contribution >= 4 is 5.91 Å². The van der Waals surface area contributed by atoms with Crippen molar-refractivity contribution in [3.8, 4) is 11.5 Å².